The summed E-state index contributed by atoms with van der Waals surface area (Å²) in [5.74, 6) is 0. The summed E-state index contributed by atoms with van der Waals surface area (Å²) in [6.45, 7) is 5.62. The second-order valence-corrected chi connectivity index (χ2v) is 7.34. The lowest BCUT2D eigenvalue weighted by atomic mass is 10.2. The van der Waals surface area contributed by atoms with Crippen molar-refractivity contribution in [1.29, 1.82) is 0 Å². The lowest BCUT2D eigenvalue weighted by Gasteiger charge is -2.08. The summed E-state index contributed by atoms with van der Waals surface area (Å²) in [7, 11) is -3.51. The average Bonchev–Trinajstić information content (AvgIpc) is 2.89. The second kappa shape index (κ2) is 7.13. The molecule has 1 heterocycles. The largest absolute Gasteiger partial charge is 0.313 e. The van der Waals surface area contributed by atoms with Gasteiger partial charge >= 0.3 is 0 Å². The normalized spacial score (nSPS) is 11.7. The fourth-order valence-corrected chi connectivity index (χ4v) is 3.68. The monoisotopic (exact) mass is 325 g/mol. The molecule has 0 amide bonds. The van der Waals surface area contributed by atoms with Gasteiger partial charge < -0.3 is 5.32 Å². The Kier molecular flexibility index (Phi) is 5.46. The van der Waals surface area contributed by atoms with Crippen molar-refractivity contribution < 1.29 is 8.42 Å². The Labute approximate surface area is 129 Å². The number of sulfonamides is 1. The molecule has 0 spiro atoms. The smallest absolute Gasteiger partial charge is 0.240 e. The van der Waals surface area contributed by atoms with Crippen LogP contribution in [0.4, 0.5) is 0 Å². The number of hydrogen-bond acceptors (Lipinski definition) is 5. The molecule has 5 nitrogen and oxygen atoms in total. The number of aromatic nitrogens is 1. The van der Waals surface area contributed by atoms with E-state index in [0.29, 0.717) is 6.54 Å². The van der Waals surface area contributed by atoms with Crippen molar-refractivity contribution >= 4 is 21.4 Å². The molecule has 1 aromatic heterocycles. The second-order valence-electron chi connectivity index (χ2n) is 4.63. The van der Waals surface area contributed by atoms with Crippen molar-refractivity contribution in [1.82, 2.24) is 15.0 Å². The molecule has 2 rings (SSSR count). The molecule has 7 heteroatoms. The molecule has 0 atom stereocenters. The minimum atomic E-state index is -3.51. The van der Waals surface area contributed by atoms with Crippen LogP contribution in [0, 0.1) is 6.92 Å². The minimum Gasteiger partial charge on any atom is -0.313 e. The number of hydrogen-bond donors (Lipinski definition) is 2. The SMILES string of the molecule is CCNCc1cccc(S(=O)(=O)NCc2nc(C)cs2)c1. The zero-order valence-electron chi connectivity index (χ0n) is 12.1. The molecule has 0 bridgehead atoms. The van der Waals surface area contributed by atoms with E-state index in [2.05, 4.69) is 15.0 Å². The van der Waals surface area contributed by atoms with Gasteiger partial charge in [0, 0.05) is 17.6 Å². The first kappa shape index (κ1) is 16.1. The van der Waals surface area contributed by atoms with Gasteiger partial charge in [-0.05, 0) is 31.2 Å². The molecule has 0 aliphatic carbocycles. The van der Waals surface area contributed by atoms with Crippen LogP contribution in [-0.2, 0) is 23.1 Å². The maximum Gasteiger partial charge on any atom is 0.240 e. The molecule has 0 unspecified atom stereocenters. The predicted molar refractivity (Wildman–Crippen MR) is 84.7 cm³/mol. The summed E-state index contributed by atoms with van der Waals surface area (Å²) in [5.41, 5.74) is 1.85. The quantitative estimate of drug-likeness (QED) is 0.817. The molecule has 21 heavy (non-hydrogen) atoms. The van der Waals surface area contributed by atoms with Gasteiger partial charge in [0.2, 0.25) is 10.0 Å². The topological polar surface area (TPSA) is 71.1 Å². The number of thiazole rings is 1. The van der Waals surface area contributed by atoms with Crippen molar-refractivity contribution in [3.63, 3.8) is 0 Å². The summed E-state index contributed by atoms with van der Waals surface area (Å²) in [4.78, 5) is 4.53. The molecule has 2 aromatic rings. The lowest BCUT2D eigenvalue weighted by Crippen LogP contribution is -2.23. The van der Waals surface area contributed by atoms with Crippen molar-refractivity contribution in [3.05, 3.63) is 45.9 Å². The first-order valence-corrected chi connectivity index (χ1v) is 9.08. The van der Waals surface area contributed by atoms with Crippen molar-refractivity contribution in [2.45, 2.75) is 31.8 Å². The number of nitrogens with one attached hydrogen (secondary N) is 2. The third kappa shape index (κ3) is 4.60. The molecule has 0 saturated carbocycles. The third-order valence-electron chi connectivity index (χ3n) is 2.87. The van der Waals surface area contributed by atoms with E-state index < -0.39 is 10.0 Å². The van der Waals surface area contributed by atoms with Crippen LogP contribution in [0.25, 0.3) is 0 Å². The van der Waals surface area contributed by atoms with Gasteiger partial charge in [0.15, 0.2) is 0 Å². The highest BCUT2D eigenvalue weighted by Gasteiger charge is 2.14. The molecule has 114 valence electrons. The third-order valence-corrected chi connectivity index (χ3v) is 5.23. The highest BCUT2D eigenvalue weighted by molar-refractivity contribution is 7.89. The van der Waals surface area contributed by atoms with Gasteiger partial charge in [-0.15, -0.1) is 11.3 Å². The highest BCUT2D eigenvalue weighted by atomic mass is 32.2. The standard InChI is InChI=1S/C14H19N3O2S2/c1-3-15-8-12-5-4-6-13(7-12)21(18,19)16-9-14-17-11(2)10-20-14/h4-7,10,15-16H,3,8-9H2,1-2H3. The first-order chi connectivity index (χ1) is 10.0. The van der Waals surface area contributed by atoms with Gasteiger partial charge in [-0.25, -0.2) is 18.1 Å². The Hall–Kier alpha value is -1.28. The van der Waals surface area contributed by atoms with Crippen molar-refractivity contribution in [2.24, 2.45) is 0 Å². The zero-order chi connectivity index (χ0) is 15.3. The van der Waals surface area contributed by atoms with Gasteiger partial charge in [0.05, 0.1) is 11.4 Å². The van der Waals surface area contributed by atoms with E-state index in [1.165, 1.54) is 11.3 Å². The fourth-order valence-electron chi connectivity index (χ4n) is 1.82. The van der Waals surface area contributed by atoms with Gasteiger partial charge in [0.25, 0.3) is 0 Å². The van der Waals surface area contributed by atoms with Crippen LogP contribution in [0.1, 0.15) is 23.2 Å². The molecule has 0 saturated heterocycles. The minimum absolute atomic E-state index is 0.221. The lowest BCUT2D eigenvalue weighted by molar-refractivity contribution is 0.580. The van der Waals surface area contributed by atoms with Crippen LogP contribution in [0.5, 0.6) is 0 Å². The first-order valence-electron chi connectivity index (χ1n) is 6.71. The van der Waals surface area contributed by atoms with Crippen LogP contribution in [0.3, 0.4) is 0 Å². The van der Waals surface area contributed by atoms with E-state index in [-0.39, 0.29) is 11.4 Å². The maximum atomic E-state index is 12.3. The van der Waals surface area contributed by atoms with Crippen molar-refractivity contribution in [2.75, 3.05) is 6.54 Å². The van der Waals surface area contributed by atoms with Crippen LogP contribution in [-0.4, -0.2) is 19.9 Å². The number of rotatable bonds is 7. The molecule has 0 radical (unpaired) electrons. The van der Waals surface area contributed by atoms with Gasteiger partial charge in [0.1, 0.15) is 5.01 Å². The van der Waals surface area contributed by atoms with Crippen LogP contribution >= 0.6 is 11.3 Å². The Morgan fingerprint density at radius 1 is 1.29 bits per heavy atom. The van der Waals surface area contributed by atoms with E-state index in [1.807, 2.05) is 25.3 Å². The van der Waals surface area contributed by atoms with E-state index in [0.717, 1.165) is 22.8 Å². The summed E-state index contributed by atoms with van der Waals surface area (Å²) in [6.07, 6.45) is 0. The van der Waals surface area contributed by atoms with Gasteiger partial charge in [-0.2, -0.15) is 0 Å². The summed E-state index contributed by atoms with van der Waals surface area (Å²) in [5, 5.41) is 5.85. The van der Waals surface area contributed by atoms with Crippen LogP contribution in [0.15, 0.2) is 34.5 Å². The Morgan fingerprint density at radius 2 is 2.10 bits per heavy atom. The van der Waals surface area contributed by atoms with Crippen molar-refractivity contribution in [3.8, 4) is 0 Å². The number of benzene rings is 1. The van der Waals surface area contributed by atoms with Crippen LogP contribution in [0.2, 0.25) is 0 Å². The van der Waals surface area contributed by atoms with E-state index in [4.69, 9.17) is 0 Å². The number of aryl methyl sites for hydroxylation is 1. The molecule has 2 N–H and O–H groups in total. The molecule has 1 aromatic carbocycles. The molecule has 0 fully saturated rings. The summed E-state index contributed by atoms with van der Waals surface area (Å²) < 4.78 is 27.2. The summed E-state index contributed by atoms with van der Waals surface area (Å²) in [6, 6.07) is 6.96. The molecular weight excluding hydrogens is 306 g/mol. The Balaban J connectivity index is 2.08. The van der Waals surface area contributed by atoms with E-state index in [9.17, 15) is 8.42 Å². The highest BCUT2D eigenvalue weighted by Crippen LogP contribution is 2.13. The molecular formula is C14H19N3O2S2. The Bertz CT molecular complexity index is 696. The van der Waals surface area contributed by atoms with Crippen LogP contribution < -0.4 is 10.0 Å². The van der Waals surface area contributed by atoms with Gasteiger partial charge in [-0.1, -0.05) is 19.1 Å². The fraction of sp³-hybridized carbons (Fsp3) is 0.357. The summed E-state index contributed by atoms with van der Waals surface area (Å²) >= 11 is 1.45. The molecule has 0 aliphatic heterocycles. The van der Waals surface area contributed by atoms with Gasteiger partial charge in [-0.3, -0.25) is 0 Å². The number of nitrogens with zero attached hydrogens (tertiary/aromatic N) is 1. The maximum absolute atomic E-state index is 12.3. The van der Waals surface area contributed by atoms with E-state index in [1.54, 1.807) is 18.2 Å². The predicted octanol–water partition coefficient (Wildman–Crippen LogP) is 2.04. The Morgan fingerprint density at radius 3 is 2.76 bits per heavy atom. The van der Waals surface area contributed by atoms with E-state index >= 15 is 0 Å². The molecule has 0 aliphatic rings. The average molecular weight is 325 g/mol. The zero-order valence-corrected chi connectivity index (χ0v) is 13.7.